The highest BCUT2D eigenvalue weighted by atomic mass is 32.2. The van der Waals surface area contributed by atoms with E-state index in [9.17, 15) is 8.78 Å². The molecule has 0 amide bonds. The van der Waals surface area contributed by atoms with Crippen molar-refractivity contribution in [3.05, 3.63) is 53.9 Å². The summed E-state index contributed by atoms with van der Waals surface area (Å²) >= 11 is 1.06. The van der Waals surface area contributed by atoms with Crippen molar-refractivity contribution in [3.8, 4) is 0 Å². The molecule has 0 aliphatic carbocycles. The van der Waals surface area contributed by atoms with Crippen molar-refractivity contribution in [2.75, 3.05) is 6.54 Å². The van der Waals surface area contributed by atoms with Gasteiger partial charge < -0.3 is 5.32 Å². The molecule has 0 spiro atoms. The molecule has 0 atom stereocenters. The van der Waals surface area contributed by atoms with Gasteiger partial charge in [0.15, 0.2) is 0 Å². The maximum Gasteiger partial charge on any atom is 0.140 e. The van der Waals surface area contributed by atoms with Crippen LogP contribution in [0.2, 0.25) is 0 Å². The lowest BCUT2D eigenvalue weighted by molar-refractivity contribution is 0.535. The predicted molar refractivity (Wildman–Crippen MR) is 72.1 cm³/mol. The maximum atomic E-state index is 13.9. The van der Waals surface area contributed by atoms with Crippen molar-refractivity contribution < 1.29 is 8.78 Å². The van der Waals surface area contributed by atoms with E-state index in [4.69, 9.17) is 0 Å². The molecule has 1 N–H and O–H groups in total. The summed E-state index contributed by atoms with van der Waals surface area (Å²) in [5.74, 6) is -1.07. The van der Waals surface area contributed by atoms with Gasteiger partial charge in [0, 0.05) is 23.8 Å². The number of halogens is 2. The summed E-state index contributed by atoms with van der Waals surface area (Å²) in [6.45, 7) is 3.17. The van der Waals surface area contributed by atoms with E-state index in [1.807, 2.05) is 6.92 Å². The normalized spacial score (nSPS) is 10.7. The lowest BCUT2D eigenvalue weighted by Crippen LogP contribution is -2.12. The van der Waals surface area contributed by atoms with Gasteiger partial charge in [-0.3, -0.25) is 4.98 Å². The van der Waals surface area contributed by atoms with Crippen molar-refractivity contribution >= 4 is 11.8 Å². The third-order valence-electron chi connectivity index (χ3n) is 2.51. The highest BCUT2D eigenvalue weighted by Gasteiger charge is 2.12. The van der Waals surface area contributed by atoms with Crippen molar-refractivity contribution in [1.82, 2.24) is 10.3 Å². The monoisotopic (exact) mass is 280 g/mol. The second-order valence-electron chi connectivity index (χ2n) is 3.95. The Morgan fingerprint density at radius 1 is 1.16 bits per heavy atom. The summed E-state index contributed by atoms with van der Waals surface area (Å²) in [6.07, 6.45) is 3.19. The Kier molecular flexibility index (Phi) is 4.87. The Morgan fingerprint density at radius 2 is 1.79 bits per heavy atom. The molecule has 0 fully saturated rings. The number of nitrogens with one attached hydrogen (secondary N) is 1. The fraction of sp³-hybridized carbons (Fsp3) is 0.214. The Bertz CT molecular complexity index is 523. The number of pyridine rings is 1. The molecule has 100 valence electrons. The Balaban J connectivity index is 2.22. The van der Waals surface area contributed by atoms with Gasteiger partial charge in [-0.2, -0.15) is 0 Å². The molecule has 5 heteroatoms. The topological polar surface area (TPSA) is 24.9 Å². The van der Waals surface area contributed by atoms with E-state index < -0.39 is 11.6 Å². The van der Waals surface area contributed by atoms with Gasteiger partial charge in [0.25, 0.3) is 0 Å². The van der Waals surface area contributed by atoms with Crippen LogP contribution in [0.5, 0.6) is 0 Å². The van der Waals surface area contributed by atoms with Crippen molar-refractivity contribution in [1.29, 1.82) is 0 Å². The molecular weight excluding hydrogens is 266 g/mol. The van der Waals surface area contributed by atoms with Crippen LogP contribution in [0, 0.1) is 11.6 Å². The van der Waals surface area contributed by atoms with E-state index in [0.717, 1.165) is 23.2 Å². The average Bonchev–Trinajstić information content (AvgIpc) is 2.42. The van der Waals surface area contributed by atoms with Gasteiger partial charge in [-0.1, -0.05) is 18.7 Å². The van der Waals surface area contributed by atoms with Crippen molar-refractivity contribution in [3.63, 3.8) is 0 Å². The standard InChI is InChI=1S/C14H14F2N2S/c1-2-17-9-10-7-12(15)14(13(16)8-10)19-11-3-5-18-6-4-11/h3-8,17H,2,9H2,1H3. The summed E-state index contributed by atoms with van der Waals surface area (Å²) < 4.78 is 27.8. The zero-order chi connectivity index (χ0) is 13.7. The Morgan fingerprint density at radius 3 is 2.37 bits per heavy atom. The van der Waals surface area contributed by atoms with E-state index in [1.54, 1.807) is 24.5 Å². The second-order valence-corrected chi connectivity index (χ2v) is 5.04. The number of hydrogen-bond acceptors (Lipinski definition) is 3. The van der Waals surface area contributed by atoms with Crippen LogP contribution < -0.4 is 5.32 Å². The summed E-state index contributed by atoms with van der Waals surface area (Å²) in [5.41, 5.74) is 0.607. The molecule has 0 saturated carbocycles. The molecule has 1 aromatic carbocycles. The number of rotatable bonds is 5. The van der Waals surface area contributed by atoms with Crippen LogP contribution in [0.15, 0.2) is 46.5 Å². The van der Waals surface area contributed by atoms with E-state index in [2.05, 4.69) is 10.3 Å². The second kappa shape index (κ2) is 6.63. The van der Waals surface area contributed by atoms with Crippen LogP contribution in [0.25, 0.3) is 0 Å². The summed E-state index contributed by atoms with van der Waals surface area (Å²) in [7, 11) is 0. The molecule has 2 rings (SSSR count). The summed E-state index contributed by atoms with van der Waals surface area (Å²) in [6, 6.07) is 6.18. The minimum atomic E-state index is -0.533. The van der Waals surface area contributed by atoms with E-state index >= 15 is 0 Å². The summed E-state index contributed by atoms with van der Waals surface area (Å²) in [4.78, 5) is 4.65. The highest BCUT2D eigenvalue weighted by molar-refractivity contribution is 7.99. The van der Waals surface area contributed by atoms with Crippen LogP contribution in [-0.2, 0) is 6.54 Å². The molecule has 0 saturated heterocycles. The smallest absolute Gasteiger partial charge is 0.140 e. The lowest BCUT2D eigenvalue weighted by atomic mass is 10.2. The van der Waals surface area contributed by atoms with Gasteiger partial charge in [0.2, 0.25) is 0 Å². The molecule has 1 aromatic heterocycles. The largest absolute Gasteiger partial charge is 0.313 e. The first-order valence-corrected chi connectivity index (χ1v) is 6.79. The number of aromatic nitrogens is 1. The van der Waals surface area contributed by atoms with Crippen LogP contribution in [-0.4, -0.2) is 11.5 Å². The molecular formula is C14H14F2N2S. The fourth-order valence-electron chi connectivity index (χ4n) is 1.61. The first kappa shape index (κ1) is 14.0. The minimum Gasteiger partial charge on any atom is -0.313 e. The maximum absolute atomic E-state index is 13.9. The van der Waals surface area contributed by atoms with Gasteiger partial charge >= 0.3 is 0 Å². The number of nitrogens with zero attached hydrogens (tertiary/aromatic N) is 1. The average molecular weight is 280 g/mol. The van der Waals surface area contributed by atoms with Gasteiger partial charge in [0.05, 0.1) is 4.90 Å². The van der Waals surface area contributed by atoms with Crippen LogP contribution >= 0.6 is 11.8 Å². The molecule has 0 radical (unpaired) electrons. The van der Waals surface area contributed by atoms with Crippen molar-refractivity contribution in [2.45, 2.75) is 23.3 Å². The zero-order valence-corrected chi connectivity index (χ0v) is 11.3. The van der Waals surface area contributed by atoms with Crippen molar-refractivity contribution in [2.24, 2.45) is 0 Å². The van der Waals surface area contributed by atoms with E-state index in [-0.39, 0.29) is 4.90 Å². The SMILES string of the molecule is CCNCc1cc(F)c(Sc2ccncc2)c(F)c1. The molecule has 19 heavy (non-hydrogen) atoms. The quantitative estimate of drug-likeness (QED) is 0.905. The molecule has 2 nitrogen and oxygen atoms in total. The first-order chi connectivity index (χ1) is 9.20. The molecule has 0 aliphatic rings. The number of benzene rings is 1. The van der Waals surface area contributed by atoms with Gasteiger partial charge in [-0.05, 0) is 36.4 Å². The Hall–Kier alpha value is -1.46. The molecule has 0 unspecified atom stereocenters. The fourth-order valence-corrected chi connectivity index (χ4v) is 2.41. The van der Waals surface area contributed by atoms with Gasteiger partial charge in [-0.25, -0.2) is 8.78 Å². The third kappa shape index (κ3) is 3.75. The molecule has 0 bridgehead atoms. The molecule has 1 heterocycles. The lowest BCUT2D eigenvalue weighted by Gasteiger charge is -2.08. The van der Waals surface area contributed by atoms with Gasteiger partial charge in [-0.15, -0.1) is 0 Å². The Labute approximate surface area is 115 Å². The minimum absolute atomic E-state index is 0.0199. The van der Waals surface area contributed by atoms with Gasteiger partial charge in [0.1, 0.15) is 11.6 Å². The zero-order valence-electron chi connectivity index (χ0n) is 10.5. The first-order valence-electron chi connectivity index (χ1n) is 5.97. The van der Waals surface area contributed by atoms with E-state index in [0.29, 0.717) is 12.1 Å². The van der Waals surface area contributed by atoms with Crippen LogP contribution in [0.4, 0.5) is 8.78 Å². The highest BCUT2D eigenvalue weighted by Crippen LogP contribution is 2.32. The van der Waals surface area contributed by atoms with E-state index in [1.165, 1.54) is 12.1 Å². The molecule has 2 aromatic rings. The van der Waals surface area contributed by atoms with Crippen LogP contribution in [0.3, 0.4) is 0 Å². The predicted octanol–water partition coefficient (Wildman–Crippen LogP) is 3.62. The number of hydrogen-bond donors (Lipinski definition) is 1. The molecule has 0 aliphatic heterocycles. The summed E-state index contributed by atoms with van der Waals surface area (Å²) in [5, 5.41) is 3.04. The third-order valence-corrected chi connectivity index (χ3v) is 3.61. The van der Waals surface area contributed by atoms with Crippen LogP contribution in [0.1, 0.15) is 12.5 Å².